The average Bonchev–Trinajstić information content (AvgIpc) is 2.88. The molecule has 8 nitrogen and oxygen atoms in total. The van der Waals surface area contributed by atoms with Crippen LogP contribution in [0.15, 0.2) is 42.5 Å². The third-order valence-electron chi connectivity index (χ3n) is 7.78. The molecule has 2 aliphatic rings. The Morgan fingerprint density at radius 2 is 1.64 bits per heavy atom. The van der Waals surface area contributed by atoms with E-state index in [0.29, 0.717) is 12.8 Å². The molecule has 1 aromatic carbocycles. The van der Waals surface area contributed by atoms with Crippen LogP contribution < -0.4 is 0 Å². The summed E-state index contributed by atoms with van der Waals surface area (Å²) in [7, 11) is 2.95. The van der Waals surface area contributed by atoms with Crippen molar-refractivity contribution < 1.29 is 39.1 Å². The minimum atomic E-state index is -2.11. The van der Waals surface area contributed by atoms with Gasteiger partial charge in [0.25, 0.3) is 0 Å². The number of benzene rings is 1. The minimum absolute atomic E-state index is 0.292. The molecule has 8 heteroatoms. The van der Waals surface area contributed by atoms with E-state index in [1.54, 1.807) is 19.3 Å². The highest BCUT2D eigenvalue weighted by molar-refractivity contribution is 5.73. The third kappa shape index (κ3) is 6.18. The number of esters is 1. The number of hydrogen-bond acceptors (Lipinski definition) is 8. The lowest BCUT2D eigenvalue weighted by Gasteiger charge is -2.51. The Bertz CT molecular complexity index is 860. The molecule has 3 rings (SSSR count). The number of carbonyl (C=O) groups is 1. The highest BCUT2D eigenvalue weighted by Gasteiger charge is 2.58. The lowest BCUT2D eigenvalue weighted by molar-refractivity contribution is -0.360. The summed E-state index contributed by atoms with van der Waals surface area (Å²) >= 11 is 0. The molecular formula is C28H42O8. The molecular weight excluding hydrogens is 464 g/mol. The second-order valence-corrected chi connectivity index (χ2v) is 10.2. The molecule has 10 unspecified atom stereocenters. The molecule has 1 saturated heterocycles. The molecule has 0 radical (unpaired) electrons. The molecule has 1 fully saturated rings. The molecule has 0 aromatic heterocycles. The molecule has 36 heavy (non-hydrogen) atoms. The molecule has 2 bridgehead atoms. The van der Waals surface area contributed by atoms with Crippen molar-refractivity contribution in [3.05, 3.63) is 48.0 Å². The highest BCUT2D eigenvalue weighted by atomic mass is 16.7. The molecule has 2 heterocycles. The van der Waals surface area contributed by atoms with Crippen LogP contribution in [-0.2, 0) is 23.7 Å². The van der Waals surface area contributed by atoms with E-state index in [1.165, 1.54) is 14.0 Å². The van der Waals surface area contributed by atoms with Crippen molar-refractivity contribution in [1.82, 2.24) is 0 Å². The predicted molar refractivity (Wildman–Crippen MR) is 134 cm³/mol. The molecule has 2 aliphatic heterocycles. The number of aliphatic hydroxyl groups excluding tert-OH is 2. The molecule has 1 aromatic rings. The Labute approximate surface area is 214 Å². The lowest BCUT2D eigenvalue weighted by atomic mass is 9.78. The summed E-state index contributed by atoms with van der Waals surface area (Å²) in [5, 5.41) is 33.5. The van der Waals surface area contributed by atoms with Crippen LogP contribution >= 0.6 is 0 Å². The van der Waals surface area contributed by atoms with E-state index < -0.39 is 54.1 Å². The fourth-order valence-corrected chi connectivity index (χ4v) is 5.35. The van der Waals surface area contributed by atoms with Gasteiger partial charge in [0.1, 0.15) is 18.1 Å². The number of hydrogen-bond donors (Lipinski definition) is 3. The summed E-state index contributed by atoms with van der Waals surface area (Å²) in [6, 6.07) is 9.48. The smallest absolute Gasteiger partial charge is 0.314 e. The Kier molecular flexibility index (Phi) is 10.1. The summed E-state index contributed by atoms with van der Waals surface area (Å²) in [4.78, 5) is 13.4. The highest BCUT2D eigenvalue weighted by Crippen LogP contribution is 2.41. The van der Waals surface area contributed by atoms with Gasteiger partial charge in [0.15, 0.2) is 0 Å². The van der Waals surface area contributed by atoms with E-state index in [0.717, 1.165) is 18.4 Å². The Morgan fingerprint density at radius 1 is 0.972 bits per heavy atom. The number of fused-ring (bicyclic) bond motifs is 2. The third-order valence-corrected chi connectivity index (χ3v) is 7.78. The quantitative estimate of drug-likeness (QED) is 0.423. The number of cyclic esters (lactones) is 1. The van der Waals surface area contributed by atoms with Crippen LogP contribution in [0.2, 0.25) is 0 Å². The van der Waals surface area contributed by atoms with Crippen molar-refractivity contribution in [3.8, 4) is 0 Å². The van der Waals surface area contributed by atoms with Gasteiger partial charge in [-0.3, -0.25) is 4.79 Å². The number of ether oxygens (including phenoxy) is 4. The maximum Gasteiger partial charge on any atom is 0.314 e. The Hall–Kier alpha value is -1.81. The zero-order valence-electron chi connectivity index (χ0n) is 21.9. The first-order chi connectivity index (χ1) is 17.1. The van der Waals surface area contributed by atoms with E-state index in [-0.39, 0.29) is 12.0 Å². The SMILES string of the molecule is COC1CCCCC(c2ccccc2)OC(=O)C(C)C2(O)OC(C(C)C=CC1O)C(C)C(O)C2OC. The van der Waals surface area contributed by atoms with Crippen LogP contribution in [0.4, 0.5) is 0 Å². The van der Waals surface area contributed by atoms with Crippen molar-refractivity contribution in [2.45, 2.75) is 88.9 Å². The van der Waals surface area contributed by atoms with Crippen LogP contribution in [0.3, 0.4) is 0 Å². The fourth-order valence-electron chi connectivity index (χ4n) is 5.35. The van der Waals surface area contributed by atoms with E-state index in [2.05, 4.69) is 0 Å². The number of aliphatic hydroxyl groups is 3. The van der Waals surface area contributed by atoms with Crippen molar-refractivity contribution >= 4 is 5.97 Å². The summed E-state index contributed by atoms with van der Waals surface area (Å²) in [5.74, 6) is -4.58. The second kappa shape index (κ2) is 12.6. The maximum atomic E-state index is 13.4. The normalized spacial score (nSPS) is 41.0. The standard InChI is InChI=1S/C28H42O8/c1-17-15-16-21(29)23(33-4)14-10-9-13-22(20-11-7-6-8-12-20)35-27(31)19(3)28(32)26(34-5)24(30)18(2)25(17)36-28/h6-8,11-12,15-19,21-26,29-30,32H,9-10,13-14H2,1-5H3. The molecule has 0 amide bonds. The zero-order valence-corrected chi connectivity index (χ0v) is 21.9. The summed E-state index contributed by atoms with van der Waals surface area (Å²) in [5.41, 5.74) is 0.852. The zero-order chi connectivity index (χ0) is 26.5. The monoisotopic (exact) mass is 506 g/mol. The van der Waals surface area contributed by atoms with Crippen molar-refractivity contribution in [3.63, 3.8) is 0 Å². The number of rotatable bonds is 3. The van der Waals surface area contributed by atoms with Crippen LogP contribution in [0.5, 0.6) is 0 Å². The van der Waals surface area contributed by atoms with Gasteiger partial charge >= 0.3 is 5.97 Å². The summed E-state index contributed by atoms with van der Waals surface area (Å²) in [6.45, 7) is 5.23. The van der Waals surface area contributed by atoms with E-state index in [9.17, 15) is 20.1 Å². The van der Waals surface area contributed by atoms with E-state index >= 15 is 0 Å². The number of carbonyl (C=O) groups excluding carboxylic acids is 1. The predicted octanol–water partition coefficient (Wildman–Crippen LogP) is 3.15. The largest absolute Gasteiger partial charge is 0.457 e. The molecule has 0 saturated carbocycles. The van der Waals surface area contributed by atoms with Crippen molar-refractivity contribution in [2.24, 2.45) is 17.8 Å². The fraction of sp³-hybridized carbons (Fsp3) is 0.679. The van der Waals surface area contributed by atoms with Gasteiger partial charge in [-0.1, -0.05) is 62.8 Å². The van der Waals surface area contributed by atoms with Gasteiger partial charge in [-0.05, 0) is 31.7 Å². The number of methoxy groups -OCH3 is 2. The molecule has 3 N–H and O–H groups in total. The topological polar surface area (TPSA) is 115 Å². The van der Waals surface area contributed by atoms with Crippen LogP contribution in [0, 0.1) is 17.8 Å². The molecule has 202 valence electrons. The van der Waals surface area contributed by atoms with Gasteiger partial charge in [0, 0.05) is 26.1 Å². The maximum absolute atomic E-state index is 13.4. The first-order valence-corrected chi connectivity index (χ1v) is 12.9. The second-order valence-electron chi connectivity index (χ2n) is 10.2. The van der Waals surface area contributed by atoms with Gasteiger partial charge < -0.3 is 34.3 Å². The van der Waals surface area contributed by atoms with Crippen LogP contribution in [0.25, 0.3) is 0 Å². The Morgan fingerprint density at radius 3 is 2.28 bits per heavy atom. The van der Waals surface area contributed by atoms with Gasteiger partial charge in [0.2, 0.25) is 5.79 Å². The first kappa shape index (κ1) is 28.8. The van der Waals surface area contributed by atoms with Gasteiger partial charge in [0.05, 0.1) is 24.4 Å². The minimum Gasteiger partial charge on any atom is -0.457 e. The van der Waals surface area contributed by atoms with Gasteiger partial charge in [-0.2, -0.15) is 0 Å². The molecule has 0 aliphatic carbocycles. The summed E-state index contributed by atoms with van der Waals surface area (Å²) < 4.78 is 23.1. The van der Waals surface area contributed by atoms with Gasteiger partial charge in [-0.25, -0.2) is 0 Å². The van der Waals surface area contributed by atoms with Crippen LogP contribution in [-0.4, -0.2) is 71.8 Å². The Balaban J connectivity index is 1.99. The summed E-state index contributed by atoms with van der Waals surface area (Å²) in [6.07, 6.45) is 1.60. The first-order valence-electron chi connectivity index (χ1n) is 12.9. The lowest BCUT2D eigenvalue weighted by Crippen LogP contribution is -2.66. The average molecular weight is 507 g/mol. The molecule has 10 atom stereocenters. The van der Waals surface area contributed by atoms with Crippen molar-refractivity contribution in [1.29, 1.82) is 0 Å². The van der Waals surface area contributed by atoms with Crippen LogP contribution in [0.1, 0.15) is 58.1 Å². The molecule has 0 spiro atoms. The van der Waals surface area contributed by atoms with E-state index in [1.807, 2.05) is 44.2 Å². The van der Waals surface area contributed by atoms with E-state index in [4.69, 9.17) is 18.9 Å². The van der Waals surface area contributed by atoms with Crippen molar-refractivity contribution in [2.75, 3.05) is 14.2 Å². The van der Waals surface area contributed by atoms with Gasteiger partial charge in [-0.15, -0.1) is 0 Å².